The summed E-state index contributed by atoms with van der Waals surface area (Å²) in [5, 5.41) is 0.314. The normalized spacial score (nSPS) is 14.6. The maximum Gasteiger partial charge on any atom is 0.192 e. The maximum absolute atomic E-state index is 6.24. The lowest BCUT2D eigenvalue weighted by Gasteiger charge is -2.36. The van der Waals surface area contributed by atoms with Crippen LogP contribution in [0.15, 0.2) is 11.6 Å². The van der Waals surface area contributed by atoms with Crippen molar-refractivity contribution < 1.29 is 4.43 Å². The van der Waals surface area contributed by atoms with Gasteiger partial charge in [-0.25, -0.2) is 0 Å². The third kappa shape index (κ3) is 5.87. The molecule has 0 aromatic carbocycles. The molecule has 0 rings (SSSR count). The first-order valence-electron chi connectivity index (χ1n) is 6.97. The quantitative estimate of drug-likeness (QED) is 0.457. The number of hydrogen-bond acceptors (Lipinski definition) is 1. The van der Waals surface area contributed by atoms with Crippen LogP contribution in [-0.2, 0) is 4.43 Å². The molecule has 0 fully saturated rings. The van der Waals surface area contributed by atoms with Crippen molar-refractivity contribution in [3.05, 3.63) is 11.6 Å². The van der Waals surface area contributed by atoms with Gasteiger partial charge in [-0.05, 0) is 36.9 Å². The Kier molecular flexibility index (Phi) is 6.71. The van der Waals surface area contributed by atoms with Gasteiger partial charge in [-0.2, -0.15) is 0 Å². The third-order valence-corrected chi connectivity index (χ3v) is 8.44. The molecule has 0 bridgehead atoms. The van der Waals surface area contributed by atoms with Crippen molar-refractivity contribution in [3.8, 4) is 0 Å². The number of hydrogen-bond donors (Lipinski definition) is 0. The van der Waals surface area contributed by atoms with Gasteiger partial charge in [0.25, 0.3) is 0 Å². The van der Waals surface area contributed by atoms with E-state index in [0.29, 0.717) is 11.0 Å². The molecule has 0 saturated heterocycles. The van der Waals surface area contributed by atoms with Crippen LogP contribution >= 0.6 is 0 Å². The van der Waals surface area contributed by atoms with E-state index in [9.17, 15) is 0 Å². The summed E-state index contributed by atoms with van der Waals surface area (Å²) in [4.78, 5) is 0. The number of rotatable bonds is 6. The topological polar surface area (TPSA) is 9.23 Å². The van der Waals surface area contributed by atoms with Crippen LogP contribution in [0.3, 0.4) is 0 Å². The van der Waals surface area contributed by atoms with Gasteiger partial charge in [0, 0.05) is 6.61 Å². The van der Waals surface area contributed by atoms with Gasteiger partial charge < -0.3 is 4.43 Å². The highest BCUT2D eigenvalue weighted by Crippen LogP contribution is 2.36. The maximum atomic E-state index is 6.24. The van der Waals surface area contributed by atoms with E-state index >= 15 is 0 Å². The van der Waals surface area contributed by atoms with E-state index in [4.69, 9.17) is 4.43 Å². The molecule has 0 aliphatic heterocycles. The second-order valence-corrected chi connectivity index (χ2v) is 11.4. The molecule has 1 unspecified atom stereocenters. The van der Waals surface area contributed by atoms with Crippen LogP contribution in [0.2, 0.25) is 18.1 Å². The highest BCUT2D eigenvalue weighted by atomic mass is 28.4. The van der Waals surface area contributed by atoms with Gasteiger partial charge in [0.15, 0.2) is 8.32 Å². The van der Waals surface area contributed by atoms with E-state index < -0.39 is 8.32 Å². The predicted octanol–water partition coefficient (Wildman–Crippen LogP) is 5.39. The Morgan fingerprint density at radius 3 is 2.00 bits per heavy atom. The van der Waals surface area contributed by atoms with Crippen molar-refractivity contribution >= 4 is 8.32 Å². The van der Waals surface area contributed by atoms with Crippen LogP contribution in [0.5, 0.6) is 0 Å². The Hall–Kier alpha value is -0.0831. The summed E-state index contributed by atoms with van der Waals surface area (Å²) in [5.74, 6) is 0.541. The van der Waals surface area contributed by atoms with E-state index in [2.05, 4.69) is 60.7 Å². The van der Waals surface area contributed by atoms with Crippen LogP contribution in [0, 0.1) is 5.92 Å². The summed E-state index contributed by atoms with van der Waals surface area (Å²) in [6.07, 6.45) is 4.73. The molecule has 0 N–H and O–H groups in total. The van der Waals surface area contributed by atoms with E-state index in [1.807, 2.05) is 0 Å². The molecule has 2 heteroatoms. The van der Waals surface area contributed by atoms with Gasteiger partial charge in [0.05, 0.1) is 0 Å². The molecule has 102 valence electrons. The average molecular weight is 257 g/mol. The average Bonchev–Trinajstić information content (AvgIpc) is 2.21. The zero-order valence-electron chi connectivity index (χ0n) is 13.2. The SMILES string of the molecule is CCC(=CC(C)CO[Si](C)(C)C(C)(C)C)CC. The summed E-state index contributed by atoms with van der Waals surface area (Å²) in [6, 6.07) is 0. The van der Waals surface area contributed by atoms with Crippen molar-refractivity contribution in [2.24, 2.45) is 5.92 Å². The van der Waals surface area contributed by atoms with E-state index in [-0.39, 0.29) is 0 Å². The van der Waals surface area contributed by atoms with E-state index in [0.717, 1.165) is 6.61 Å². The van der Waals surface area contributed by atoms with Crippen LogP contribution < -0.4 is 0 Å². The predicted molar refractivity (Wildman–Crippen MR) is 81.0 cm³/mol. The Labute approximate surface area is 110 Å². The Morgan fingerprint density at radius 2 is 1.65 bits per heavy atom. The molecule has 0 aromatic heterocycles. The summed E-state index contributed by atoms with van der Waals surface area (Å²) in [7, 11) is -1.57. The molecule has 0 aliphatic carbocycles. The zero-order valence-corrected chi connectivity index (χ0v) is 14.2. The second-order valence-electron chi connectivity index (χ2n) is 6.58. The van der Waals surface area contributed by atoms with Crippen LogP contribution in [0.4, 0.5) is 0 Å². The Balaban J connectivity index is 4.34. The molecule has 0 spiro atoms. The number of allylic oxidation sites excluding steroid dienone is 1. The highest BCUT2D eigenvalue weighted by molar-refractivity contribution is 6.74. The smallest absolute Gasteiger partial charge is 0.192 e. The monoisotopic (exact) mass is 256 g/mol. The van der Waals surface area contributed by atoms with Gasteiger partial charge in [-0.1, -0.05) is 53.2 Å². The van der Waals surface area contributed by atoms with Crippen LogP contribution in [-0.4, -0.2) is 14.9 Å². The highest BCUT2D eigenvalue weighted by Gasteiger charge is 2.37. The van der Waals surface area contributed by atoms with Gasteiger partial charge in [0.2, 0.25) is 0 Å². The molecular weight excluding hydrogens is 224 g/mol. The first-order chi connectivity index (χ1) is 7.64. The van der Waals surface area contributed by atoms with Crippen molar-refractivity contribution in [2.75, 3.05) is 6.61 Å². The summed E-state index contributed by atoms with van der Waals surface area (Å²) in [6.45, 7) is 19.1. The Morgan fingerprint density at radius 1 is 1.18 bits per heavy atom. The summed E-state index contributed by atoms with van der Waals surface area (Å²) in [5.41, 5.74) is 1.55. The largest absolute Gasteiger partial charge is 0.416 e. The summed E-state index contributed by atoms with van der Waals surface area (Å²) >= 11 is 0. The minimum Gasteiger partial charge on any atom is -0.416 e. The van der Waals surface area contributed by atoms with Crippen LogP contribution in [0.25, 0.3) is 0 Å². The van der Waals surface area contributed by atoms with Crippen molar-refractivity contribution in [1.29, 1.82) is 0 Å². The first-order valence-corrected chi connectivity index (χ1v) is 9.88. The van der Waals surface area contributed by atoms with Gasteiger partial charge >= 0.3 is 0 Å². The van der Waals surface area contributed by atoms with Gasteiger partial charge in [-0.3, -0.25) is 0 Å². The van der Waals surface area contributed by atoms with Gasteiger partial charge in [-0.15, -0.1) is 0 Å². The second kappa shape index (κ2) is 6.74. The van der Waals surface area contributed by atoms with E-state index in [1.54, 1.807) is 5.57 Å². The lowest BCUT2D eigenvalue weighted by atomic mass is 10.0. The molecule has 1 nitrogen and oxygen atoms in total. The zero-order chi connectivity index (χ0) is 13.7. The third-order valence-electron chi connectivity index (χ3n) is 3.94. The fraction of sp³-hybridized carbons (Fsp3) is 0.867. The lowest BCUT2D eigenvalue weighted by molar-refractivity contribution is 0.258. The van der Waals surface area contributed by atoms with Crippen molar-refractivity contribution in [2.45, 2.75) is 72.5 Å². The van der Waals surface area contributed by atoms with Crippen LogP contribution in [0.1, 0.15) is 54.4 Å². The Bertz CT molecular complexity index is 242. The molecule has 0 saturated carbocycles. The summed E-state index contributed by atoms with van der Waals surface area (Å²) < 4.78 is 6.24. The molecule has 0 aliphatic rings. The molecule has 0 amide bonds. The minimum atomic E-state index is -1.57. The molecule has 0 aromatic rings. The van der Waals surface area contributed by atoms with Crippen molar-refractivity contribution in [1.82, 2.24) is 0 Å². The molecule has 0 radical (unpaired) electrons. The molecular formula is C15H32OSi. The van der Waals surface area contributed by atoms with Crippen molar-refractivity contribution in [3.63, 3.8) is 0 Å². The van der Waals surface area contributed by atoms with Gasteiger partial charge in [0.1, 0.15) is 0 Å². The standard InChI is InChI=1S/C15H32OSi/c1-9-14(10-2)11-13(3)12-16-17(7,8)15(4,5)6/h11,13H,9-10,12H2,1-8H3. The molecule has 1 atom stereocenters. The lowest BCUT2D eigenvalue weighted by Crippen LogP contribution is -2.41. The van der Waals surface area contributed by atoms with E-state index in [1.165, 1.54) is 12.8 Å². The fourth-order valence-corrected chi connectivity index (χ4v) is 2.61. The first kappa shape index (κ1) is 16.9. The molecule has 17 heavy (non-hydrogen) atoms. The fourth-order valence-electron chi connectivity index (χ4n) is 1.49. The molecule has 0 heterocycles. The minimum absolute atomic E-state index is 0.314.